The summed E-state index contributed by atoms with van der Waals surface area (Å²) in [6.45, 7) is 8.53. The van der Waals surface area contributed by atoms with E-state index in [1.807, 2.05) is 0 Å². The fourth-order valence-electron chi connectivity index (χ4n) is 4.79. The molecular formula is C16H30N2. The van der Waals surface area contributed by atoms with E-state index in [-0.39, 0.29) is 0 Å². The SMILES string of the molecule is CCN(C1CC2CCC(C1)N2)C1CCC(C)(C)C1. The van der Waals surface area contributed by atoms with Crippen LogP contribution in [0.4, 0.5) is 0 Å². The molecule has 1 N–H and O–H groups in total. The van der Waals surface area contributed by atoms with Gasteiger partial charge in [0.1, 0.15) is 0 Å². The van der Waals surface area contributed by atoms with E-state index in [1.165, 1.54) is 51.5 Å². The van der Waals surface area contributed by atoms with Gasteiger partial charge in [-0.05, 0) is 56.9 Å². The summed E-state index contributed by atoms with van der Waals surface area (Å²) in [5.74, 6) is 0. The Morgan fingerprint density at radius 3 is 2.22 bits per heavy atom. The van der Waals surface area contributed by atoms with Crippen molar-refractivity contribution < 1.29 is 0 Å². The molecule has 0 spiro atoms. The van der Waals surface area contributed by atoms with Crippen molar-refractivity contribution in [1.29, 1.82) is 0 Å². The zero-order valence-electron chi connectivity index (χ0n) is 12.4. The van der Waals surface area contributed by atoms with Crippen LogP contribution in [0, 0.1) is 5.41 Å². The van der Waals surface area contributed by atoms with Gasteiger partial charge >= 0.3 is 0 Å². The molecule has 3 fully saturated rings. The predicted molar refractivity (Wildman–Crippen MR) is 76.8 cm³/mol. The summed E-state index contributed by atoms with van der Waals surface area (Å²) < 4.78 is 0. The van der Waals surface area contributed by atoms with Gasteiger partial charge in [0, 0.05) is 24.2 Å². The van der Waals surface area contributed by atoms with E-state index < -0.39 is 0 Å². The standard InChI is InChI=1S/C16H30N2/c1-4-18(14-7-8-16(2,3)11-14)15-9-12-5-6-13(10-15)17-12/h12-15,17H,4-11H2,1-3H3. The number of nitrogens with zero attached hydrogens (tertiary/aromatic N) is 1. The molecule has 0 aromatic heterocycles. The number of fused-ring (bicyclic) bond motifs is 2. The number of nitrogens with one attached hydrogen (secondary N) is 1. The third-order valence-corrected chi connectivity index (χ3v) is 5.69. The lowest BCUT2D eigenvalue weighted by Crippen LogP contribution is -2.51. The number of hydrogen-bond acceptors (Lipinski definition) is 2. The van der Waals surface area contributed by atoms with Crippen LogP contribution >= 0.6 is 0 Å². The van der Waals surface area contributed by atoms with Crippen LogP contribution in [0.15, 0.2) is 0 Å². The summed E-state index contributed by atoms with van der Waals surface area (Å²) in [5, 5.41) is 3.78. The first-order valence-electron chi connectivity index (χ1n) is 8.09. The second kappa shape index (κ2) is 4.79. The summed E-state index contributed by atoms with van der Waals surface area (Å²) in [7, 11) is 0. The quantitative estimate of drug-likeness (QED) is 0.827. The summed E-state index contributed by atoms with van der Waals surface area (Å²) in [6, 6.07) is 3.40. The van der Waals surface area contributed by atoms with Gasteiger partial charge in [-0.2, -0.15) is 0 Å². The molecule has 3 unspecified atom stereocenters. The molecule has 0 radical (unpaired) electrons. The van der Waals surface area contributed by atoms with Gasteiger partial charge in [-0.15, -0.1) is 0 Å². The molecule has 104 valence electrons. The molecule has 2 nitrogen and oxygen atoms in total. The van der Waals surface area contributed by atoms with E-state index in [9.17, 15) is 0 Å². The Balaban J connectivity index is 1.65. The van der Waals surface area contributed by atoms with Gasteiger partial charge < -0.3 is 5.32 Å². The first-order valence-corrected chi connectivity index (χ1v) is 8.09. The number of piperidine rings is 1. The average molecular weight is 250 g/mol. The van der Waals surface area contributed by atoms with Gasteiger partial charge in [-0.1, -0.05) is 20.8 Å². The van der Waals surface area contributed by atoms with Gasteiger partial charge in [-0.3, -0.25) is 4.90 Å². The molecule has 0 aromatic carbocycles. The molecule has 1 aliphatic carbocycles. The second-order valence-corrected chi connectivity index (χ2v) is 7.65. The van der Waals surface area contributed by atoms with Gasteiger partial charge in [0.05, 0.1) is 0 Å². The van der Waals surface area contributed by atoms with E-state index in [2.05, 4.69) is 31.0 Å². The van der Waals surface area contributed by atoms with Crippen LogP contribution in [-0.4, -0.2) is 35.6 Å². The molecule has 3 aliphatic rings. The minimum absolute atomic E-state index is 0.587. The highest BCUT2D eigenvalue weighted by atomic mass is 15.2. The van der Waals surface area contributed by atoms with E-state index in [1.54, 1.807) is 0 Å². The molecule has 3 atom stereocenters. The third-order valence-electron chi connectivity index (χ3n) is 5.69. The second-order valence-electron chi connectivity index (χ2n) is 7.65. The summed E-state index contributed by atoms with van der Waals surface area (Å²) in [6.07, 6.45) is 9.93. The molecule has 0 amide bonds. The van der Waals surface area contributed by atoms with E-state index in [4.69, 9.17) is 0 Å². The Labute approximate surface area is 113 Å². The average Bonchev–Trinajstić information content (AvgIpc) is 2.83. The summed E-state index contributed by atoms with van der Waals surface area (Å²) in [5.41, 5.74) is 0.587. The molecule has 2 aliphatic heterocycles. The maximum atomic E-state index is 3.78. The predicted octanol–water partition coefficient (Wildman–Crippen LogP) is 3.17. The van der Waals surface area contributed by atoms with Crippen molar-refractivity contribution in [2.24, 2.45) is 5.41 Å². The molecular weight excluding hydrogens is 220 g/mol. The Bertz CT molecular complexity index is 287. The summed E-state index contributed by atoms with van der Waals surface area (Å²) in [4.78, 5) is 2.86. The van der Waals surface area contributed by atoms with Crippen molar-refractivity contribution in [1.82, 2.24) is 10.2 Å². The van der Waals surface area contributed by atoms with Gasteiger partial charge in [0.2, 0.25) is 0 Å². The molecule has 18 heavy (non-hydrogen) atoms. The third kappa shape index (κ3) is 2.46. The molecule has 2 bridgehead atoms. The highest BCUT2D eigenvalue weighted by Gasteiger charge is 2.40. The molecule has 0 aromatic rings. The van der Waals surface area contributed by atoms with Gasteiger partial charge in [0.15, 0.2) is 0 Å². The first kappa shape index (κ1) is 12.9. The molecule has 2 heteroatoms. The number of hydrogen-bond donors (Lipinski definition) is 1. The van der Waals surface area contributed by atoms with Crippen molar-refractivity contribution >= 4 is 0 Å². The van der Waals surface area contributed by atoms with Crippen molar-refractivity contribution in [2.45, 2.75) is 89.9 Å². The van der Waals surface area contributed by atoms with Crippen LogP contribution in [0.2, 0.25) is 0 Å². The van der Waals surface area contributed by atoms with Crippen molar-refractivity contribution in [3.05, 3.63) is 0 Å². The fraction of sp³-hybridized carbons (Fsp3) is 1.00. The minimum Gasteiger partial charge on any atom is -0.311 e. The van der Waals surface area contributed by atoms with Crippen LogP contribution in [0.1, 0.15) is 65.7 Å². The van der Waals surface area contributed by atoms with Crippen LogP contribution in [-0.2, 0) is 0 Å². The molecule has 3 rings (SSSR count). The monoisotopic (exact) mass is 250 g/mol. The topological polar surface area (TPSA) is 15.3 Å². The smallest absolute Gasteiger partial charge is 0.0128 e. The van der Waals surface area contributed by atoms with Gasteiger partial charge in [0.25, 0.3) is 0 Å². The zero-order chi connectivity index (χ0) is 12.8. The lowest BCUT2D eigenvalue weighted by Gasteiger charge is -2.41. The normalized spacial score (nSPS) is 42.7. The van der Waals surface area contributed by atoms with Crippen molar-refractivity contribution in [3.63, 3.8) is 0 Å². The first-order chi connectivity index (χ1) is 8.57. The van der Waals surface area contributed by atoms with Crippen molar-refractivity contribution in [2.75, 3.05) is 6.54 Å². The highest BCUT2D eigenvalue weighted by Crippen LogP contribution is 2.41. The Morgan fingerprint density at radius 1 is 1.06 bits per heavy atom. The minimum atomic E-state index is 0.587. The van der Waals surface area contributed by atoms with E-state index >= 15 is 0 Å². The maximum absolute atomic E-state index is 3.78. The van der Waals surface area contributed by atoms with Crippen molar-refractivity contribution in [3.8, 4) is 0 Å². The Hall–Kier alpha value is -0.0800. The Kier molecular flexibility index (Phi) is 3.44. The van der Waals surface area contributed by atoms with E-state index in [0.717, 1.165) is 24.2 Å². The van der Waals surface area contributed by atoms with Crippen LogP contribution in [0.5, 0.6) is 0 Å². The largest absolute Gasteiger partial charge is 0.311 e. The van der Waals surface area contributed by atoms with Gasteiger partial charge in [-0.25, -0.2) is 0 Å². The lowest BCUT2D eigenvalue weighted by atomic mass is 9.91. The molecule has 1 saturated carbocycles. The molecule has 2 saturated heterocycles. The Morgan fingerprint density at radius 2 is 1.72 bits per heavy atom. The van der Waals surface area contributed by atoms with Crippen LogP contribution in [0.3, 0.4) is 0 Å². The lowest BCUT2D eigenvalue weighted by molar-refractivity contribution is 0.0965. The van der Waals surface area contributed by atoms with E-state index in [0.29, 0.717) is 5.41 Å². The highest BCUT2D eigenvalue weighted by molar-refractivity contribution is 4.98. The zero-order valence-corrected chi connectivity index (χ0v) is 12.4. The summed E-state index contributed by atoms with van der Waals surface area (Å²) >= 11 is 0. The molecule has 2 heterocycles. The van der Waals surface area contributed by atoms with Crippen LogP contribution in [0.25, 0.3) is 0 Å². The fourth-order valence-corrected chi connectivity index (χ4v) is 4.79. The van der Waals surface area contributed by atoms with Crippen LogP contribution < -0.4 is 5.32 Å². The maximum Gasteiger partial charge on any atom is 0.0128 e. The number of rotatable bonds is 3.